The van der Waals surface area contributed by atoms with E-state index >= 15 is 0 Å². The number of ether oxygens (including phenoxy) is 2. The molecule has 0 fully saturated rings. The average molecular weight is 339 g/mol. The zero-order chi connectivity index (χ0) is 18.1. The number of aromatic nitrogens is 2. The van der Waals surface area contributed by atoms with Crippen molar-refractivity contribution in [1.82, 2.24) is 9.55 Å². The molecule has 0 saturated heterocycles. The number of hydrogen-bond acceptors (Lipinski definition) is 4. The Morgan fingerprint density at radius 3 is 2.36 bits per heavy atom. The minimum atomic E-state index is 0.479. The van der Waals surface area contributed by atoms with Gasteiger partial charge in [0.15, 0.2) is 11.5 Å². The van der Waals surface area contributed by atoms with Crippen LogP contribution in [0.5, 0.6) is 11.5 Å². The van der Waals surface area contributed by atoms with Crippen LogP contribution < -0.4 is 15.2 Å². The van der Waals surface area contributed by atoms with E-state index in [2.05, 4.69) is 24.5 Å². The van der Waals surface area contributed by atoms with Crippen LogP contribution in [0, 0.1) is 12.8 Å². The normalized spacial score (nSPS) is 11.3. The summed E-state index contributed by atoms with van der Waals surface area (Å²) in [6.07, 6.45) is 0. The van der Waals surface area contributed by atoms with E-state index in [9.17, 15) is 0 Å². The van der Waals surface area contributed by atoms with Crippen LogP contribution >= 0.6 is 0 Å². The largest absolute Gasteiger partial charge is 0.493 e. The van der Waals surface area contributed by atoms with Gasteiger partial charge in [0.2, 0.25) is 0 Å². The molecular formula is C20H25N3O2. The molecule has 0 bridgehead atoms. The summed E-state index contributed by atoms with van der Waals surface area (Å²) >= 11 is 0. The third-order valence-electron chi connectivity index (χ3n) is 4.34. The second kappa shape index (κ2) is 6.67. The van der Waals surface area contributed by atoms with Crippen molar-refractivity contribution in [3.63, 3.8) is 0 Å². The summed E-state index contributed by atoms with van der Waals surface area (Å²) in [5, 5.41) is 0. The van der Waals surface area contributed by atoms with Gasteiger partial charge in [0.25, 0.3) is 0 Å². The Labute approximate surface area is 148 Å². The van der Waals surface area contributed by atoms with E-state index in [0.29, 0.717) is 17.4 Å². The minimum absolute atomic E-state index is 0.479. The van der Waals surface area contributed by atoms with Crippen LogP contribution in [0.25, 0.3) is 22.4 Å². The van der Waals surface area contributed by atoms with Crippen molar-refractivity contribution < 1.29 is 9.47 Å². The van der Waals surface area contributed by atoms with Gasteiger partial charge in [-0.15, -0.1) is 0 Å². The lowest BCUT2D eigenvalue weighted by molar-refractivity contribution is 0.355. The van der Waals surface area contributed by atoms with Gasteiger partial charge in [0, 0.05) is 29.9 Å². The molecule has 0 radical (unpaired) electrons. The van der Waals surface area contributed by atoms with E-state index in [0.717, 1.165) is 40.2 Å². The molecule has 0 amide bonds. The lowest BCUT2D eigenvalue weighted by Gasteiger charge is -2.13. The molecule has 2 aromatic carbocycles. The first-order chi connectivity index (χ1) is 11.9. The molecule has 0 saturated carbocycles. The van der Waals surface area contributed by atoms with Crippen LogP contribution in [0.4, 0.5) is 5.69 Å². The highest BCUT2D eigenvalue weighted by Crippen LogP contribution is 2.35. The first-order valence-corrected chi connectivity index (χ1v) is 8.43. The van der Waals surface area contributed by atoms with Crippen molar-refractivity contribution in [2.45, 2.75) is 27.3 Å². The maximum atomic E-state index is 6.12. The van der Waals surface area contributed by atoms with Crippen molar-refractivity contribution in [3.05, 3.63) is 35.9 Å². The molecule has 2 N–H and O–H groups in total. The van der Waals surface area contributed by atoms with Crippen molar-refractivity contribution in [1.29, 1.82) is 0 Å². The highest BCUT2D eigenvalue weighted by Gasteiger charge is 2.17. The van der Waals surface area contributed by atoms with Gasteiger partial charge < -0.3 is 19.8 Å². The molecule has 132 valence electrons. The molecule has 0 aliphatic carbocycles. The zero-order valence-corrected chi connectivity index (χ0v) is 15.5. The number of benzene rings is 2. The molecule has 3 aromatic rings. The number of nitrogens with two attached hydrogens (primary N) is 1. The highest BCUT2D eigenvalue weighted by atomic mass is 16.5. The van der Waals surface area contributed by atoms with E-state index in [1.807, 2.05) is 31.2 Å². The van der Waals surface area contributed by atoms with Gasteiger partial charge in [-0.2, -0.15) is 0 Å². The summed E-state index contributed by atoms with van der Waals surface area (Å²) in [5.74, 6) is 2.77. The van der Waals surface area contributed by atoms with Crippen LogP contribution in [-0.2, 0) is 6.54 Å². The number of hydrogen-bond donors (Lipinski definition) is 1. The van der Waals surface area contributed by atoms with Gasteiger partial charge in [-0.25, -0.2) is 4.98 Å². The molecule has 0 aliphatic heterocycles. The maximum absolute atomic E-state index is 6.12. The fourth-order valence-corrected chi connectivity index (χ4v) is 3.00. The van der Waals surface area contributed by atoms with Gasteiger partial charge >= 0.3 is 0 Å². The van der Waals surface area contributed by atoms with E-state index in [4.69, 9.17) is 20.2 Å². The van der Waals surface area contributed by atoms with Crippen LogP contribution in [0.3, 0.4) is 0 Å². The first kappa shape index (κ1) is 17.1. The Balaban J connectivity index is 2.27. The number of imidazole rings is 1. The average Bonchev–Trinajstić information content (AvgIpc) is 2.93. The number of aryl methyl sites for hydroxylation is 1. The van der Waals surface area contributed by atoms with Crippen molar-refractivity contribution in [2.75, 3.05) is 20.0 Å². The summed E-state index contributed by atoms with van der Waals surface area (Å²) < 4.78 is 13.1. The second-order valence-corrected chi connectivity index (χ2v) is 6.71. The lowest BCUT2D eigenvalue weighted by atomic mass is 10.1. The minimum Gasteiger partial charge on any atom is -0.493 e. The first-order valence-electron chi connectivity index (χ1n) is 8.43. The Morgan fingerprint density at radius 1 is 1.08 bits per heavy atom. The number of methoxy groups -OCH3 is 2. The van der Waals surface area contributed by atoms with Gasteiger partial charge in [-0.1, -0.05) is 26.0 Å². The Bertz CT molecular complexity index is 913. The SMILES string of the molecule is COc1cc2nc(-c3ccc(C)c(N)c3)n(CC(C)C)c2cc1OC. The van der Waals surface area contributed by atoms with Crippen molar-refractivity contribution in [3.8, 4) is 22.9 Å². The third-order valence-corrected chi connectivity index (χ3v) is 4.34. The van der Waals surface area contributed by atoms with Crippen molar-refractivity contribution in [2.24, 2.45) is 5.92 Å². The molecule has 0 atom stereocenters. The summed E-state index contributed by atoms with van der Waals surface area (Å²) in [5.41, 5.74) is 10.9. The topological polar surface area (TPSA) is 62.3 Å². The van der Waals surface area contributed by atoms with Crippen LogP contribution in [0.1, 0.15) is 19.4 Å². The number of fused-ring (bicyclic) bond motifs is 1. The third kappa shape index (κ3) is 3.14. The predicted molar refractivity (Wildman–Crippen MR) is 102 cm³/mol. The summed E-state index contributed by atoms with van der Waals surface area (Å²) in [7, 11) is 3.28. The smallest absolute Gasteiger partial charge is 0.163 e. The Kier molecular flexibility index (Phi) is 4.57. The molecule has 5 heteroatoms. The van der Waals surface area contributed by atoms with Crippen LogP contribution in [0.15, 0.2) is 30.3 Å². The number of anilines is 1. The van der Waals surface area contributed by atoms with E-state index < -0.39 is 0 Å². The Morgan fingerprint density at radius 2 is 1.76 bits per heavy atom. The van der Waals surface area contributed by atoms with E-state index in [-0.39, 0.29) is 0 Å². The van der Waals surface area contributed by atoms with Gasteiger partial charge in [0.05, 0.1) is 25.3 Å². The number of nitrogen functional groups attached to an aromatic ring is 1. The Hall–Kier alpha value is -2.69. The molecule has 1 aromatic heterocycles. The van der Waals surface area contributed by atoms with Crippen LogP contribution in [0.2, 0.25) is 0 Å². The molecule has 0 aliphatic rings. The summed E-state index contributed by atoms with van der Waals surface area (Å²) in [6, 6.07) is 10.0. The summed E-state index contributed by atoms with van der Waals surface area (Å²) in [4.78, 5) is 4.86. The predicted octanol–water partition coefficient (Wildman–Crippen LogP) is 4.27. The molecule has 25 heavy (non-hydrogen) atoms. The monoisotopic (exact) mass is 339 g/mol. The number of nitrogens with zero attached hydrogens (tertiary/aromatic N) is 2. The van der Waals surface area contributed by atoms with Crippen molar-refractivity contribution >= 4 is 16.7 Å². The fraction of sp³-hybridized carbons (Fsp3) is 0.350. The standard InChI is InChI=1S/C20H25N3O2/c1-12(2)11-23-17-10-19(25-5)18(24-4)9-16(17)22-20(23)14-7-6-13(3)15(21)8-14/h6-10,12H,11,21H2,1-5H3. The molecule has 1 heterocycles. The highest BCUT2D eigenvalue weighted by molar-refractivity contribution is 5.84. The lowest BCUT2D eigenvalue weighted by Crippen LogP contribution is -2.06. The zero-order valence-electron chi connectivity index (χ0n) is 15.5. The maximum Gasteiger partial charge on any atom is 0.163 e. The van der Waals surface area contributed by atoms with Gasteiger partial charge in [-0.05, 0) is 24.5 Å². The van der Waals surface area contributed by atoms with E-state index in [1.54, 1.807) is 14.2 Å². The quantitative estimate of drug-likeness (QED) is 0.705. The molecule has 5 nitrogen and oxygen atoms in total. The van der Waals surface area contributed by atoms with Gasteiger partial charge in [-0.3, -0.25) is 0 Å². The molecular weight excluding hydrogens is 314 g/mol. The summed E-state index contributed by atoms with van der Waals surface area (Å²) in [6.45, 7) is 7.25. The molecule has 3 rings (SSSR count). The van der Waals surface area contributed by atoms with Crippen LogP contribution in [-0.4, -0.2) is 23.8 Å². The number of rotatable bonds is 5. The van der Waals surface area contributed by atoms with E-state index in [1.165, 1.54) is 0 Å². The molecule has 0 spiro atoms. The second-order valence-electron chi connectivity index (χ2n) is 6.71. The fourth-order valence-electron chi connectivity index (χ4n) is 3.00. The van der Waals surface area contributed by atoms with Gasteiger partial charge in [0.1, 0.15) is 5.82 Å². The molecule has 0 unspecified atom stereocenters.